The van der Waals surface area contributed by atoms with Crippen LogP contribution in [0, 0.1) is 14.9 Å². The van der Waals surface area contributed by atoms with Gasteiger partial charge < -0.3 is 0 Å². The number of nitriles is 1. The summed E-state index contributed by atoms with van der Waals surface area (Å²) in [5.74, 6) is 0. The normalized spacial score (nSPS) is 8.80. The van der Waals surface area contributed by atoms with E-state index in [1.165, 1.54) is 0 Å². The lowest BCUT2D eigenvalue weighted by atomic mass is 10.3. The van der Waals surface area contributed by atoms with Crippen molar-refractivity contribution in [1.29, 1.82) is 5.26 Å². The van der Waals surface area contributed by atoms with Gasteiger partial charge in [-0.2, -0.15) is 5.26 Å². The van der Waals surface area contributed by atoms with Crippen molar-refractivity contribution in [3.8, 4) is 6.07 Å². The van der Waals surface area contributed by atoms with Gasteiger partial charge in [-0.3, -0.25) is 4.98 Å². The molecule has 50 valence electrons. The van der Waals surface area contributed by atoms with Crippen LogP contribution < -0.4 is 0 Å². The minimum atomic E-state index is 0.400. The zero-order valence-corrected chi connectivity index (χ0v) is 7.37. The molecule has 0 saturated carbocycles. The Kier molecular flexibility index (Phi) is 2.63. The molecular formula is C7H5IN2. The molecule has 0 fully saturated rings. The number of halogens is 1. The number of nitrogens with zero attached hydrogens (tertiary/aromatic N) is 2. The summed E-state index contributed by atoms with van der Waals surface area (Å²) < 4.78 is 1.12. The van der Waals surface area contributed by atoms with E-state index in [4.69, 9.17) is 5.26 Å². The lowest BCUT2D eigenvalue weighted by molar-refractivity contribution is 1.11. The van der Waals surface area contributed by atoms with Gasteiger partial charge in [0.15, 0.2) is 0 Å². The fraction of sp³-hybridized carbons (Fsp3) is 0.143. The number of hydrogen-bond donors (Lipinski definition) is 0. The highest BCUT2D eigenvalue weighted by atomic mass is 127. The fourth-order valence-electron chi connectivity index (χ4n) is 0.626. The van der Waals surface area contributed by atoms with Crippen molar-refractivity contribution in [2.75, 3.05) is 0 Å². The van der Waals surface area contributed by atoms with E-state index in [2.05, 4.69) is 27.6 Å². The average Bonchev–Trinajstić information content (AvgIpc) is 1.88. The first-order valence-corrected chi connectivity index (χ1v) is 3.88. The average molecular weight is 244 g/mol. The van der Waals surface area contributed by atoms with E-state index in [0.717, 1.165) is 9.26 Å². The predicted molar refractivity (Wildman–Crippen MR) is 46.3 cm³/mol. The van der Waals surface area contributed by atoms with Crippen LogP contribution in [0.1, 0.15) is 5.69 Å². The summed E-state index contributed by atoms with van der Waals surface area (Å²) >= 11 is 2.20. The second kappa shape index (κ2) is 3.52. The van der Waals surface area contributed by atoms with Gasteiger partial charge in [0, 0.05) is 9.77 Å². The van der Waals surface area contributed by atoms with Crippen molar-refractivity contribution >= 4 is 22.6 Å². The number of rotatable bonds is 1. The van der Waals surface area contributed by atoms with Gasteiger partial charge in [0.2, 0.25) is 0 Å². The molecule has 0 aliphatic rings. The molecule has 3 heteroatoms. The molecular weight excluding hydrogens is 239 g/mol. The van der Waals surface area contributed by atoms with Crippen LogP contribution in [0.25, 0.3) is 0 Å². The maximum Gasteiger partial charge on any atom is 0.0775 e. The summed E-state index contributed by atoms with van der Waals surface area (Å²) in [7, 11) is 0. The lowest BCUT2D eigenvalue weighted by Crippen LogP contribution is -1.86. The molecule has 0 radical (unpaired) electrons. The van der Waals surface area contributed by atoms with E-state index in [1.54, 1.807) is 6.20 Å². The van der Waals surface area contributed by atoms with Crippen LogP contribution >= 0.6 is 22.6 Å². The van der Waals surface area contributed by atoms with Gasteiger partial charge in [-0.25, -0.2) is 0 Å². The van der Waals surface area contributed by atoms with Gasteiger partial charge in [-0.15, -0.1) is 0 Å². The molecule has 1 aromatic heterocycles. The Bertz CT molecular complexity index is 265. The molecule has 0 aliphatic heterocycles. The minimum Gasteiger partial charge on any atom is -0.260 e. The molecule has 10 heavy (non-hydrogen) atoms. The maximum absolute atomic E-state index is 8.32. The SMILES string of the molecule is N#CCc1cc(I)ccn1. The topological polar surface area (TPSA) is 36.7 Å². The molecule has 0 atom stereocenters. The monoisotopic (exact) mass is 244 g/mol. The molecule has 0 unspecified atom stereocenters. The predicted octanol–water partition coefficient (Wildman–Crippen LogP) is 1.75. The Morgan fingerprint density at radius 1 is 1.70 bits per heavy atom. The van der Waals surface area contributed by atoms with Gasteiger partial charge in [0.05, 0.1) is 18.2 Å². The van der Waals surface area contributed by atoms with Crippen LogP contribution in [0.15, 0.2) is 18.3 Å². The highest BCUT2D eigenvalue weighted by molar-refractivity contribution is 14.1. The third-order valence-electron chi connectivity index (χ3n) is 1.04. The van der Waals surface area contributed by atoms with Crippen LogP contribution in [0.2, 0.25) is 0 Å². The number of hydrogen-bond acceptors (Lipinski definition) is 2. The maximum atomic E-state index is 8.32. The van der Waals surface area contributed by atoms with Crippen molar-refractivity contribution in [2.45, 2.75) is 6.42 Å². The first kappa shape index (κ1) is 7.48. The smallest absolute Gasteiger partial charge is 0.0775 e. The largest absolute Gasteiger partial charge is 0.260 e. The molecule has 2 nitrogen and oxygen atoms in total. The molecule has 0 saturated heterocycles. The summed E-state index contributed by atoms with van der Waals surface area (Å²) in [6.45, 7) is 0. The number of aromatic nitrogens is 1. The summed E-state index contributed by atoms with van der Waals surface area (Å²) in [4.78, 5) is 4.00. The Hall–Kier alpha value is -0.630. The van der Waals surface area contributed by atoms with E-state index in [0.29, 0.717) is 6.42 Å². The Morgan fingerprint density at radius 3 is 3.10 bits per heavy atom. The molecule has 0 bridgehead atoms. The van der Waals surface area contributed by atoms with Crippen molar-refractivity contribution in [3.63, 3.8) is 0 Å². The Labute approximate surface area is 73.0 Å². The molecule has 0 spiro atoms. The summed E-state index contributed by atoms with van der Waals surface area (Å²) in [5.41, 5.74) is 0.842. The highest BCUT2D eigenvalue weighted by Crippen LogP contribution is 2.04. The van der Waals surface area contributed by atoms with Crippen LogP contribution in [-0.4, -0.2) is 4.98 Å². The molecule has 0 aliphatic carbocycles. The minimum absolute atomic E-state index is 0.400. The molecule has 1 heterocycles. The van der Waals surface area contributed by atoms with E-state index >= 15 is 0 Å². The molecule has 1 rings (SSSR count). The summed E-state index contributed by atoms with van der Waals surface area (Å²) in [6.07, 6.45) is 2.12. The zero-order valence-electron chi connectivity index (χ0n) is 5.21. The molecule has 0 N–H and O–H groups in total. The Balaban J connectivity index is 2.87. The summed E-state index contributed by atoms with van der Waals surface area (Å²) in [5, 5.41) is 8.32. The zero-order chi connectivity index (χ0) is 7.40. The van der Waals surface area contributed by atoms with E-state index in [9.17, 15) is 0 Å². The van der Waals surface area contributed by atoms with E-state index in [-0.39, 0.29) is 0 Å². The second-order valence-electron chi connectivity index (χ2n) is 1.80. The molecule has 0 aromatic carbocycles. The first-order valence-electron chi connectivity index (χ1n) is 2.80. The quantitative estimate of drug-likeness (QED) is 0.705. The van der Waals surface area contributed by atoms with Crippen LogP contribution in [-0.2, 0) is 6.42 Å². The lowest BCUT2D eigenvalue weighted by Gasteiger charge is -1.91. The van der Waals surface area contributed by atoms with Gasteiger partial charge in [-0.05, 0) is 34.7 Å². The van der Waals surface area contributed by atoms with Gasteiger partial charge in [0.25, 0.3) is 0 Å². The highest BCUT2D eigenvalue weighted by Gasteiger charge is 1.91. The number of pyridine rings is 1. The van der Waals surface area contributed by atoms with Gasteiger partial charge >= 0.3 is 0 Å². The van der Waals surface area contributed by atoms with Gasteiger partial charge in [-0.1, -0.05) is 0 Å². The van der Waals surface area contributed by atoms with Crippen molar-refractivity contribution in [3.05, 3.63) is 27.6 Å². The van der Waals surface area contributed by atoms with Crippen LogP contribution in [0.4, 0.5) is 0 Å². The second-order valence-corrected chi connectivity index (χ2v) is 3.05. The fourth-order valence-corrected chi connectivity index (χ4v) is 1.15. The Morgan fingerprint density at radius 2 is 2.50 bits per heavy atom. The summed E-state index contributed by atoms with van der Waals surface area (Å²) in [6, 6.07) is 5.86. The van der Waals surface area contributed by atoms with Crippen molar-refractivity contribution in [1.82, 2.24) is 4.98 Å². The van der Waals surface area contributed by atoms with Crippen LogP contribution in [0.3, 0.4) is 0 Å². The van der Waals surface area contributed by atoms with Crippen LogP contribution in [0.5, 0.6) is 0 Å². The van der Waals surface area contributed by atoms with Gasteiger partial charge in [0.1, 0.15) is 0 Å². The molecule has 1 aromatic rings. The van der Waals surface area contributed by atoms with E-state index < -0.39 is 0 Å². The third-order valence-corrected chi connectivity index (χ3v) is 1.71. The van der Waals surface area contributed by atoms with Crippen molar-refractivity contribution in [2.24, 2.45) is 0 Å². The van der Waals surface area contributed by atoms with Crippen molar-refractivity contribution < 1.29 is 0 Å². The standard InChI is InChI=1S/C7H5IN2/c8-6-2-4-10-7(5-6)1-3-9/h2,4-5H,1H2. The third kappa shape index (κ3) is 1.95. The molecule has 0 amide bonds. The van der Waals surface area contributed by atoms with E-state index in [1.807, 2.05) is 18.2 Å². The first-order chi connectivity index (χ1) is 4.83.